The summed E-state index contributed by atoms with van der Waals surface area (Å²) in [7, 11) is 1.37. The Labute approximate surface area is 88.8 Å². The van der Waals surface area contributed by atoms with Crippen LogP contribution in [0.1, 0.15) is 24.2 Å². The molecule has 15 heavy (non-hydrogen) atoms. The maximum absolute atomic E-state index is 11.4. The highest BCUT2D eigenvalue weighted by molar-refractivity contribution is 5.76. The van der Waals surface area contributed by atoms with E-state index in [2.05, 4.69) is 0 Å². The number of hydrogen-bond acceptors (Lipinski definition) is 3. The first kappa shape index (κ1) is 11.5. The molecule has 1 aromatic heterocycles. The third kappa shape index (κ3) is 2.68. The molecule has 0 unspecified atom stereocenters. The van der Waals surface area contributed by atoms with Crippen molar-refractivity contribution >= 4 is 12.3 Å². The first-order valence-electron chi connectivity index (χ1n) is 4.69. The van der Waals surface area contributed by atoms with Gasteiger partial charge in [-0.05, 0) is 19.9 Å². The maximum Gasteiger partial charge on any atom is 0.313 e. The monoisotopic (exact) mass is 209 g/mol. The van der Waals surface area contributed by atoms with E-state index in [1.54, 1.807) is 36.9 Å². The summed E-state index contributed by atoms with van der Waals surface area (Å²) in [6, 6.07) is 1.71. The third-order valence-corrected chi connectivity index (χ3v) is 2.23. The molecule has 0 aromatic carbocycles. The molecule has 0 aliphatic rings. The van der Waals surface area contributed by atoms with Crippen LogP contribution in [-0.4, -0.2) is 23.9 Å². The van der Waals surface area contributed by atoms with Gasteiger partial charge in [0.2, 0.25) is 0 Å². The summed E-state index contributed by atoms with van der Waals surface area (Å²) in [5, 5.41) is 0. The second kappa shape index (κ2) is 4.29. The molecule has 82 valence electrons. The molecule has 0 saturated heterocycles. The maximum atomic E-state index is 11.4. The summed E-state index contributed by atoms with van der Waals surface area (Å²) in [4.78, 5) is 21.9. The van der Waals surface area contributed by atoms with E-state index in [0.717, 1.165) is 6.29 Å². The van der Waals surface area contributed by atoms with Crippen LogP contribution >= 0.6 is 0 Å². The number of rotatable bonds is 4. The van der Waals surface area contributed by atoms with E-state index in [-0.39, 0.29) is 5.97 Å². The van der Waals surface area contributed by atoms with Gasteiger partial charge in [0.1, 0.15) is 0 Å². The summed E-state index contributed by atoms with van der Waals surface area (Å²) in [5.41, 5.74) is 0.0177. The molecule has 0 fully saturated rings. The van der Waals surface area contributed by atoms with Crippen LogP contribution < -0.4 is 0 Å². The van der Waals surface area contributed by atoms with Gasteiger partial charge in [0, 0.05) is 24.5 Å². The second-order valence-corrected chi connectivity index (χ2v) is 4.11. The minimum atomic E-state index is -0.589. The fraction of sp³-hybridized carbons (Fsp3) is 0.455. The minimum Gasteiger partial charge on any atom is -0.469 e. The molecule has 0 radical (unpaired) electrons. The van der Waals surface area contributed by atoms with E-state index >= 15 is 0 Å². The predicted octanol–water partition coefficient (Wildman–Crippen LogP) is 1.50. The van der Waals surface area contributed by atoms with Gasteiger partial charge in [0.05, 0.1) is 12.5 Å². The molecule has 0 bridgehead atoms. The summed E-state index contributed by atoms with van der Waals surface area (Å²) in [6.45, 7) is 4.10. The Morgan fingerprint density at radius 3 is 2.73 bits per heavy atom. The molecule has 0 amide bonds. The van der Waals surface area contributed by atoms with Crippen molar-refractivity contribution in [2.24, 2.45) is 5.41 Å². The normalized spacial score (nSPS) is 11.1. The molecule has 1 rings (SSSR count). The van der Waals surface area contributed by atoms with Crippen molar-refractivity contribution in [2.75, 3.05) is 7.11 Å². The number of esters is 1. The van der Waals surface area contributed by atoms with Crippen LogP contribution in [0.2, 0.25) is 0 Å². The van der Waals surface area contributed by atoms with Gasteiger partial charge in [-0.25, -0.2) is 0 Å². The van der Waals surface area contributed by atoms with Crippen LogP contribution in [0, 0.1) is 5.41 Å². The Hall–Kier alpha value is -1.58. The number of ether oxygens (including phenoxy) is 1. The molecule has 0 N–H and O–H groups in total. The molecular weight excluding hydrogens is 194 g/mol. The zero-order chi connectivity index (χ0) is 11.5. The van der Waals surface area contributed by atoms with Crippen molar-refractivity contribution in [3.05, 3.63) is 24.0 Å². The van der Waals surface area contributed by atoms with E-state index in [1.807, 2.05) is 0 Å². The van der Waals surface area contributed by atoms with E-state index in [9.17, 15) is 9.59 Å². The number of nitrogens with zero attached hydrogens (tertiary/aromatic N) is 1. The standard InChI is InChI=1S/C11H15NO3/c1-11(2,10(14)15-3)8-12-5-4-9(6-12)7-13/h4-7H,8H2,1-3H3. The zero-order valence-corrected chi connectivity index (χ0v) is 9.19. The van der Waals surface area contributed by atoms with Crippen molar-refractivity contribution in [3.63, 3.8) is 0 Å². The average Bonchev–Trinajstić information content (AvgIpc) is 2.63. The van der Waals surface area contributed by atoms with E-state index in [0.29, 0.717) is 12.1 Å². The number of carbonyl (C=O) groups is 2. The van der Waals surface area contributed by atoms with Crippen LogP contribution in [0.25, 0.3) is 0 Å². The molecule has 1 heterocycles. The number of methoxy groups -OCH3 is 1. The van der Waals surface area contributed by atoms with Crippen molar-refractivity contribution in [1.82, 2.24) is 4.57 Å². The molecule has 0 atom stereocenters. The van der Waals surface area contributed by atoms with Crippen LogP contribution in [0.5, 0.6) is 0 Å². The fourth-order valence-electron chi connectivity index (χ4n) is 1.42. The molecule has 4 heteroatoms. The number of carbonyl (C=O) groups excluding carboxylic acids is 2. The first-order chi connectivity index (χ1) is 6.99. The molecule has 1 aromatic rings. The molecule has 0 aliphatic carbocycles. The van der Waals surface area contributed by atoms with Crippen molar-refractivity contribution in [3.8, 4) is 0 Å². The van der Waals surface area contributed by atoms with Crippen molar-refractivity contribution in [2.45, 2.75) is 20.4 Å². The van der Waals surface area contributed by atoms with Gasteiger partial charge in [0.15, 0.2) is 6.29 Å². The topological polar surface area (TPSA) is 48.3 Å². The molecule has 0 aliphatic heterocycles. The Balaban J connectivity index is 2.76. The van der Waals surface area contributed by atoms with Crippen LogP contribution in [-0.2, 0) is 16.1 Å². The largest absolute Gasteiger partial charge is 0.469 e. The van der Waals surface area contributed by atoms with Crippen molar-refractivity contribution in [1.29, 1.82) is 0 Å². The average molecular weight is 209 g/mol. The molecule has 4 nitrogen and oxygen atoms in total. The lowest BCUT2D eigenvalue weighted by Crippen LogP contribution is -2.30. The van der Waals surface area contributed by atoms with E-state index in [1.165, 1.54) is 7.11 Å². The van der Waals surface area contributed by atoms with Gasteiger partial charge in [-0.2, -0.15) is 0 Å². The molecular formula is C11H15NO3. The number of aldehydes is 1. The predicted molar refractivity (Wildman–Crippen MR) is 55.6 cm³/mol. The number of hydrogen-bond donors (Lipinski definition) is 0. The lowest BCUT2D eigenvalue weighted by atomic mass is 9.94. The highest BCUT2D eigenvalue weighted by Gasteiger charge is 2.28. The van der Waals surface area contributed by atoms with Gasteiger partial charge >= 0.3 is 5.97 Å². The minimum absolute atomic E-state index is 0.260. The highest BCUT2D eigenvalue weighted by Crippen LogP contribution is 2.20. The van der Waals surface area contributed by atoms with Crippen LogP contribution in [0.4, 0.5) is 0 Å². The SMILES string of the molecule is COC(=O)C(C)(C)Cn1ccc(C=O)c1. The van der Waals surface area contributed by atoms with Crippen molar-refractivity contribution < 1.29 is 14.3 Å². The van der Waals surface area contributed by atoms with E-state index < -0.39 is 5.41 Å². The molecule has 0 saturated carbocycles. The fourth-order valence-corrected chi connectivity index (χ4v) is 1.42. The van der Waals surface area contributed by atoms with Gasteiger partial charge in [0.25, 0.3) is 0 Å². The van der Waals surface area contributed by atoms with Gasteiger partial charge in [-0.3, -0.25) is 9.59 Å². The summed E-state index contributed by atoms with van der Waals surface area (Å²) < 4.78 is 6.50. The lowest BCUT2D eigenvalue weighted by molar-refractivity contribution is -0.151. The lowest BCUT2D eigenvalue weighted by Gasteiger charge is -2.21. The Bertz CT molecular complexity index is 366. The Morgan fingerprint density at radius 1 is 1.60 bits per heavy atom. The summed E-state index contributed by atoms with van der Waals surface area (Å²) >= 11 is 0. The van der Waals surface area contributed by atoms with Gasteiger partial charge in [-0.1, -0.05) is 0 Å². The van der Waals surface area contributed by atoms with Gasteiger partial charge in [-0.15, -0.1) is 0 Å². The van der Waals surface area contributed by atoms with Gasteiger partial charge < -0.3 is 9.30 Å². The van der Waals surface area contributed by atoms with Crippen LogP contribution in [0.3, 0.4) is 0 Å². The summed E-state index contributed by atoms with van der Waals surface area (Å²) in [6.07, 6.45) is 4.26. The first-order valence-corrected chi connectivity index (χ1v) is 4.69. The Kier molecular flexibility index (Phi) is 3.29. The smallest absolute Gasteiger partial charge is 0.313 e. The quantitative estimate of drug-likeness (QED) is 0.557. The van der Waals surface area contributed by atoms with E-state index in [4.69, 9.17) is 4.74 Å². The third-order valence-electron chi connectivity index (χ3n) is 2.23. The summed E-state index contributed by atoms with van der Waals surface area (Å²) in [5.74, 6) is -0.260. The second-order valence-electron chi connectivity index (χ2n) is 4.11. The molecule has 0 spiro atoms. The zero-order valence-electron chi connectivity index (χ0n) is 9.19. The number of aromatic nitrogens is 1. The Morgan fingerprint density at radius 2 is 2.27 bits per heavy atom. The van der Waals surface area contributed by atoms with Crippen LogP contribution in [0.15, 0.2) is 18.5 Å². The highest BCUT2D eigenvalue weighted by atomic mass is 16.5.